The number of amides is 1. The fourth-order valence-corrected chi connectivity index (χ4v) is 2.85. The minimum absolute atomic E-state index is 0.123. The van der Waals surface area contributed by atoms with E-state index in [2.05, 4.69) is 10.2 Å². The van der Waals surface area contributed by atoms with E-state index in [0.717, 1.165) is 22.0 Å². The molecule has 6 heteroatoms. The van der Waals surface area contributed by atoms with Gasteiger partial charge in [0.15, 0.2) is 5.69 Å². The quantitative estimate of drug-likeness (QED) is 0.723. The minimum atomic E-state index is -0.225. The molecule has 0 radical (unpaired) electrons. The lowest BCUT2D eigenvalue weighted by Crippen LogP contribution is -2.33. The summed E-state index contributed by atoms with van der Waals surface area (Å²) in [4.78, 5) is 14.6. The van der Waals surface area contributed by atoms with E-state index in [-0.39, 0.29) is 19.1 Å². The van der Waals surface area contributed by atoms with Crippen LogP contribution in [0, 0.1) is 6.92 Å². The summed E-state index contributed by atoms with van der Waals surface area (Å²) in [5, 5.41) is 17.3. The van der Waals surface area contributed by atoms with Gasteiger partial charge in [0.1, 0.15) is 5.75 Å². The van der Waals surface area contributed by atoms with Crippen LogP contribution in [-0.2, 0) is 6.54 Å². The molecule has 6 nitrogen and oxygen atoms in total. The summed E-state index contributed by atoms with van der Waals surface area (Å²) >= 11 is 0. The van der Waals surface area contributed by atoms with Crippen molar-refractivity contribution in [1.29, 1.82) is 0 Å². The van der Waals surface area contributed by atoms with Crippen LogP contribution in [0.1, 0.15) is 21.6 Å². The number of fused-ring (bicyclic) bond motifs is 1. The first kappa shape index (κ1) is 17.0. The molecule has 2 N–H and O–H groups in total. The molecule has 0 aliphatic carbocycles. The lowest BCUT2D eigenvalue weighted by atomic mass is 10.1. The molecule has 0 aliphatic heterocycles. The Balaban J connectivity index is 1.94. The highest BCUT2D eigenvalue weighted by Gasteiger charge is 2.22. The topological polar surface area (TPSA) is 78.5 Å². The molecule has 0 atom stereocenters. The number of aromatic nitrogens is 2. The second kappa shape index (κ2) is 7.36. The normalized spacial score (nSPS) is 10.8. The number of carbonyl (C=O) groups is 1. The van der Waals surface area contributed by atoms with Gasteiger partial charge in [-0.1, -0.05) is 29.8 Å². The van der Waals surface area contributed by atoms with Crippen LogP contribution >= 0.6 is 0 Å². The lowest BCUT2D eigenvalue weighted by Gasteiger charge is -2.22. The van der Waals surface area contributed by atoms with Crippen LogP contribution in [0.25, 0.3) is 10.9 Å². The van der Waals surface area contributed by atoms with E-state index in [0.29, 0.717) is 18.0 Å². The average Bonchev–Trinajstić information content (AvgIpc) is 3.04. The van der Waals surface area contributed by atoms with Crippen LogP contribution in [0.2, 0.25) is 0 Å². The molecule has 1 aromatic heterocycles. The molecule has 0 unspecified atom stereocenters. The Bertz CT molecular complexity index is 889. The number of nitrogens with zero attached hydrogens (tertiary/aromatic N) is 2. The molecule has 0 fully saturated rings. The van der Waals surface area contributed by atoms with Crippen molar-refractivity contribution < 1.29 is 14.6 Å². The molecule has 0 saturated carbocycles. The van der Waals surface area contributed by atoms with E-state index in [1.165, 1.54) is 0 Å². The Kier molecular flexibility index (Phi) is 5.00. The molecule has 1 amide bonds. The van der Waals surface area contributed by atoms with E-state index in [9.17, 15) is 9.90 Å². The van der Waals surface area contributed by atoms with Crippen molar-refractivity contribution in [1.82, 2.24) is 15.1 Å². The highest BCUT2D eigenvalue weighted by atomic mass is 16.5. The molecular formula is C19H21N3O3. The average molecular weight is 339 g/mol. The zero-order chi connectivity index (χ0) is 17.8. The number of aliphatic hydroxyl groups is 1. The number of hydrogen-bond donors (Lipinski definition) is 2. The predicted molar refractivity (Wildman–Crippen MR) is 95.7 cm³/mol. The van der Waals surface area contributed by atoms with Gasteiger partial charge in [-0.15, -0.1) is 0 Å². The van der Waals surface area contributed by atoms with E-state index < -0.39 is 0 Å². The number of aliphatic hydroxyl groups excluding tert-OH is 1. The zero-order valence-corrected chi connectivity index (χ0v) is 14.3. The maximum atomic E-state index is 13.0. The molecule has 3 rings (SSSR count). The molecule has 0 aliphatic rings. The first-order valence-corrected chi connectivity index (χ1v) is 8.10. The molecule has 0 saturated heterocycles. The summed E-state index contributed by atoms with van der Waals surface area (Å²) in [5.41, 5.74) is 3.11. The molecule has 2 aromatic carbocycles. The molecule has 0 bridgehead atoms. The van der Waals surface area contributed by atoms with Crippen LogP contribution in [0.4, 0.5) is 0 Å². The van der Waals surface area contributed by atoms with Gasteiger partial charge in [0.05, 0.1) is 19.2 Å². The van der Waals surface area contributed by atoms with Gasteiger partial charge in [-0.2, -0.15) is 5.10 Å². The van der Waals surface area contributed by atoms with Gasteiger partial charge in [0.25, 0.3) is 5.91 Å². The van der Waals surface area contributed by atoms with Crippen molar-refractivity contribution >= 4 is 16.8 Å². The first-order valence-electron chi connectivity index (χ1n) is 8.10. The largest absolute Gasteiger partial charge is 0.496 e. The van der Waals surface area contributed by atoms with Gasteiger partial charge < -0.3 is 14.7 Å². The number of aromatic amines is 1. The smallest absolute Gasteiger partial charge is 0.275 e. The fourth-order valence-electron chi connectivity index (χ4n) is 2.85. The van der Waals surface area contributed by atoms with Crippen molar-refractivity contribution in [3.05, 3.63) is 59.3 Å². The van der Waals surface area contributed by atoms with Gasteiger partial charge in [-0.25, -0.2) is 0 Å². The van der Waals surface area contributed by atoms with E-state index in [1.54, 1.807) is 12.0 Å². The number of hydrogen-bond acceptors (Lipinski definition) is 4. The van der Waals surface area contributed by atoms with Crippen LogP contribution in [-0.4, -0.2) is 46.4 Å². The third-order valence-corrected chi connectivity index (χ3v) is 4.13. The number of aryl methyl sites for hydroxylation is 1. The van der Waals surface area contributed by atoms with E-state index in [1.807, 2.05) is 49.4 Å². The van der Waals surface area contributed by atoms with Gasteiger partial charge in [-0.3, -0.25) is 9.89 Å². The number of methoxy groups -OCH3 is 1. The van der Waals surface area contributed by atoms with Crippen LogP contribution in [0.15, 0.2) is 42.5 Å². The second-order valence-electron chi connectivity index (χ2n) is 5.88. The summed E-state index contributed by atoms with van der Waals surface area (Å²) in [6.07, 6.45) is 0. The zero-order valence-electron chi connectivity index (χ0n) is 14.3. The number of ether oxygens (including phenoxy) is 1. The van der Waals surface area contributed by atoms with Gasteiger partial charge in [-0.05, 0) is 25.1 Å². The molecular weight excluding hydrogens is 318 g/mol. The number of carbonyl (C=O) groups excluding carboxylic acids is 1. The number of nitrogens with one attached hydrogen (secondary N) is 1. The van der Waals surface area contributed by atoms with Crippen molar-refractivity contribution in [3.63, 3.8) is 0 Å². The van der Waals surface area contributed by atoms with Gasteiger partial charge in [0, 0.05) is 24.0 Å². The SMILES string of the molecule is COc1ccccc1CN(CCO)C(=O)c1n[nH]c2ccc(C)cc12. The highest BCUT2D eigenvalue weighted by Crippen LogP contribution is 2.22. The summed E-state index contributed by atoms with van der Waals surface area (Å²) in [6.45, 7) is 2.41. The number of H-pyrrole nitrogens is 1. The number of rotatable bonds is 6. The molecule has 1 heterocycles. The molecule has 0 spiro atoms. The number of benzene rings is 2. The molecule has 130 valence electrons. The maximum absolute atomic E-state index is 13.0. The summed E-state index contributed by atoms with van der Waals surface area (Å²) in [7, 11) is 1.60. The van der Waals surface area contributed by atoms with Crippen molar-refractivity contribution in [3.8, 4) is 5.75 Å². The highest BCUT2D eigenvalue weighted by molar-refractivity contribution is 6.04. The summed E-state index contributed by atoms with van der Waals surface area (Å²) in [5.74, 6) is 0.484. The van der Waals surface area contributed by atoms with E-state index >= 15 is 0 Å². The fraction of sp³-hybridized carbons (Fsp3) is 0.263. The van der Waals surface area contributed by atoms with Crippen molar-refractivity contribution in [2.24, 2.45) is 0 Å². The van der Waals surface area contributed by atoms with Crippen LogP contribution in [0.3, 0.4) is 0 Å². The van der Waals surface area contributed by atoms with Crippen LogP contribution in [0.5, 0.6) is 5.75 Å². The minimum Gasteiger partial charge on any atom is -0.496 e. The molecule has 3 aromatic rings. The van der Waals surface area contributed by atoms with Gasteiger partial charge >= 0.3 is 0 Å². The maximum Gasteiger partial charge on any atom is 0.275 e. The third-order valence-electron chi connectivity index (χ3n) is 4.13. The first-order chi connectivity index (χ1) is 12.1. The Morgan fingerprint density at radius 2 is 2.08 bits per heavy atom. The standard InChI is InChI=1S/C19H21N3O3/c1-13-7-8-16-15(11-13)18(21-20-16)19(24)22(9-10-23)12-14-5-3-4-6-17(14)25-2/h3-8,11,23H,9-10,12H2,1-2H3,(H,20,21). The monoisotopic (exact) mass is 339 g/mol. The summed E-state index contributed by atoms with van der Waals surface area (Å²) < 4.78 is 5.36. The number of para-hydroxylation sites is 1. The lowest BCUT2D eigenvalue weighted by molar-refractivity contribution is 0.0702. The Morgan fingerprint density at radius 1 is 1.28 bits per heavy atom. The molecule has 25 heavy (non-hydrogen) atoms. The second-order valence-corrected chi connectivity index (χ2v) is 5.88. The van der Waals surface area contributed by atoms with E-state index in [4.69, 9.17) is 4.74 Å². The third kappa shape index (κ3) is 3.49. The van der Waals surface area contributed by atoms with Crippen molar-refractivity contribution in [2.75, 3.05) is 20.3 Å². The Hall–Kier alpha value is -2.86. The Labute approximate surface area is 146 Å². The Morgan fingerprint density at radius 3 is 2.84 bits per heavy atom. The predicted octanol–water partition coefficient (Wildman–Crippen LogP) is 2.51. The van der Waals surface area contributed by atoms with Crippen LogP contribution < -0.4 is 4.74 Å². The summed E-state index contributed by atoms with van der Waals surface area (Å²) in [6, 6.07) is 13.3. The van der Waals surface area contributed by atoms with Gasteiger partial charge in [0.2, 0.25) is 0 Å². The van der Waals surface area contributed by atoms with Crippen molar-refractivity contribution in [2.45, 2.75) is 13.5 Å².